The topological polar surface area (TPSA) is 61.2 Å². The number of fused-ring (bicyclic) bond motifs is 1. The van der Waals surface area contributed by atoms with Crippen LogP contribution in [0.4, 0.5) is 0 Å². The number of hydrogen-bond acceptors (Lipinski definition) is 4. The van der Waals surface area contributed by atoms with Crippen molar-refractivity contribution < 1.29 is 9.15 Å². The maximum Gasteiger partial charge on any atom is 0.390 e. The summed E-state index contributed by atoms with van der Waals surface area (Å²) in [6.07, 6.45) is 6.24. The molecule has 2 aromatic heterocycles. The van der Waals surface area contributed by atoms with Gasteiger partial charge in [0.2, 0.25) is 0 Å². The van der Waals surface area contributed by atoms with E-state index in [-0.39, 0.29) is 0 Å². The van der Waals surface area contributed by atoms with Crippen LogP contribution in [0.5, 0.6) is 0 Å². The van der Waals surface area contributed by atoms with Crippen LogP contribution >= 0.6 is 0 Å². The molecule has 18 heavy (non-hydrogen) atoms. The first-order chi connectivity index (χ1) is 8.81. The number of rotatable bonds is 2. The van der Waals surface area contributed by atoms with Crippen LogP contribution in [0.15, 0.2) is 44.7 Å². The highest BCUT2D eigenvalue weighted by atomic mass is 17.0. The second-order valence-corrected chi connectivity index (χ2v) is 4.61. The van der Waals surface area contributed by atoms with Crippen molar-refractivity contribution in [1.29, 1.82) is 0 Å². The fourth-order valence-electron chi connectivity index (χ4n) is 2.11. The van der Waals surface area contributed by atoms with Gasteiger partial charge in [-0.05, 0) is 31.0 Å². The third-order valence-electron chi connectivity index (χ3n) is 3.29. The van der Waals surface area contributed by atoms with E-state index in [0.29, 0.717) is 16.9 Å². The van der Waals surface area contributed by atoms with Gasteiger partial charge in [-0.15, -0.1) is 0 Å². The first kappa shape index (κ1) is 9.70. The van der Waals surface area contributed by atoms with Gasteiger partial charge in [-0.1, -0.05) is 0 Å². The molecule has 1 aliphatic rings. The predicted octanol–water partition coefficient (Wildman–Crippen LogP) is 2.45. The quantitative estimate of drug-likeness (QED) is 0.647. The molecule has 0 bridgehead atoms. The van der Waals surface area contributed by atoms with Gasteiger partial charge in [0, 0.05) is 17.8 Å². The number of nitrogens with zero attached hydrogens (tertiary/aromatic N) is 2. The number of imidazole rings is 1. The largest absolute Gasteiger partial charge is 0.390 e. The van der Waals surface area contributed by atoms with Gasteiger partial charge >= 0.3 is 5.63 Å². The molecule has 1 aromatic carbocycles. The lowest BCUT2D eigenvalue weighted by Crippen LogP contribution is -1.94. The van der Waals surface area contributed by atoms with E-state index in [0.717, 1.165) is 11.4 Å². The molecule has 5 nitrogen and oxygen atoms in total. The summed E-state index contributed by atoms with van der Waals surface area (Å²) >= 11 is 0. The molecule has 0 saturated heterocycles. The molecule has 0 amide bonds. The van der Waals surface area contributed by atoms with Crippen LogP contribution in [0.2, 0.25) is 0 Å². The van der Waals surface area contributed by atoms with Crippen molar-refractivity contribution in [2.24, 2.45) is 0 Å². The number of benzene rings is 1. The summed E-state index contributed by atoms with van der Waals surface area (Å²) in [7, 11) is 0. The van der Waals surface area contributed by atoms with Gasteiger partial charge in [0.25, 0.3) is 0 Å². The van der Waals surface area contributed by atoms with Crippen molar-refractivity contribution in [3.8, 4) is 5.69 Å². The first-order valence-electron chi connectivity index (χ1n) is 5.88. The van der Waals surface area contributed by atoms with Crippen LogP contribution in [0.25, 0.3) is 16.7 Å². The van der Waals surface area contributed by atoms with Crippen molar-refractivity contribution in [3.05, 3.63) is 46.8 Å². The molecule has 1 fully saturated rings. The van der Waals surface area contributed by atoms with Crippen LogP contribution in [0.1, 0.15) is 24.5 Å². The van der Waals surface area contributed by atoms with Crippen LogP contribution in [0.3, 0.4) is 0 Å². The van der Waals surface area contributed by atoms with E-state index >= 15 is 0 Å². The standard InChI is InChI=1S/C13H10N2O3/c16-13-10-5-9(3-4-12(10)17-18-13)15-6-11(14-7-15)8-1-2-8/h3-8H,1-2H2. The average Bonchev–Trinajstić information content (AvgIpc) is 3.01. The molecular formula is C13H10N2O3. The summed E-state index contributed by atoms with van der Waals surface area (Å²) in [5.74, 6) is 0.619. The molecular weight excluding hydrogens is 232 g/mol. The van der Waals surface area contributed by atoms with E-state index < -0.39 is 5.63 Å². The Hall–Kier alpha value is -2.30. The van der Waals surface area contributed by atoms with E-state index in [1.165, 1.54) is 12.8 Å². The van der Waals surface area contributed by atoms with Crippen LogP contribution in [-0.4, -0.2) is 9.55 Å². The Bertz CT molecular complexity index is 777. The normalized spacial score (nSPS) is 15.3. The average molecular weight is 242 g/mol. The molecule has 0 radical (unpaired) electrons. The predicted molar refractivity (Wildman–Crippen MR) is 63.8 cm³/mol. The highest BCUT2D eigenvalue weighted by Crippen LogP contribution is 2.39. The highest BCUT2D eigenvalue weighted by Gasteiger charge is 2.25. The summed E-state index contributed by atoms with van der Waals surface area (Å²) in [6, 6.07) is 5.36. The number of aromatic nitrogens is 2. The molecule has 3 aromatic rings. The Morgan fingerprint density at radius 2 is 2.17 bits per heavy atom. The van der Waals surface area contributed by atoms with Gasteiger partial charge in [0.1, 0.15) is 5.39 Å². The minimum absolute atomic E-state index is 0.450. The van der Waals surface area contributed by atoms with Gasteiger partial charge in [-0.2, -0.15) is 0 Å². The minimum Gasteiger partial charge on any atom is -0.306 e. The number of hydrogen-bond donors (Lipinski definition) is 0. The van der Waals surface area contributed by atoms with Gasteiger partial charge < -0.3 is 4.57 Å². The van der Waals surface area contributed by atoms with Gasteiger partial charge in [-0.25, -0.2) is 14.4 Å². The maximum atomic E-state index is 11.4. The maximum absolute atomic E-state index is 11.4. The van der Waals surface area contributed by atoms with Gasteiger partial charge in [-0.3, -0.25) is 4.58 Å². The molecule has 2 heterocycles. The molecule has 0 spiro atoms. The van der Waals surface area contributed by atoms with Crippen LogP contribution in [0, 0.1) is 0 Å². The Morgan fingerprint density at radius 1 is 1.28 bits per heavy atom. The van der Waals surface area contributed by atoms with Crippen LogP contribution in [-0.2, 0) is 0 Å². The minimum atomic E-state index is -0.450. The van der Waals surface area contributed by atoms with E-state index in [2.05, 4.69) is 9.56 Å². The molecule has 90 valence electrons. The zero-order chi connectivity index (χ0) is 12.1. The highest BCUT2D eigenvalue weighted by molar-refractivity contribution is 5.77. The summed E-state index contributed by atoms with van der Waals surface area (Å²) < 4.78 is 11.2. The summed E-state index contributed by atoms with van der Waals surface area (Å²) in [6.45, 7) is 0. The van der Waals surface area contributed by atoms with E-state index in [1.54, 1.807) is 18.5 Å². The van der Waals surface area contributed by atoms with Crippen molar-refractivity contribution in [3.63, 3.8) is 0 Å². The van der Waals surface area contributed by atoms with Crippen molar-refractivity contribution >= 4 is 11.0 Å². The molecule has 4 rings (SSSR count). The van der Waals surface area contributed by atoms with E-state index in [9.17, 15) is 4.79 Å². The summed E-state index contributed by atoms with van der Waals surface area (Å²) in [4.78, 5) is 15.8. The fourth-order valence-corrected chi connectivity index (χ4v) is 2.11. The molecule has 0 N–H and O–H groups in total. The Balaban J connectivity index is 1.84. The van der Waals surface area contributed by atoms with Gasteiger partial charge in [0.05, 0.1) is 12.0 Å². The first-order valence-corrected chi connectivity index (χ1v) is 5.88. The third-order valence-corrected chi connectivity index (χ3v) is 3.29. The van der Waals surface area contributed by atoms with Crippen molar-refractivity contribution in [1.82, 2.24) is 9.55 Å². The molecule has 0 unspecified atom stereocenters. The zero-order valence-corrected chi connectivity index (χ0v) is 9.50. The Morgan fingerprint density at radius 3 is 3.00 bits per heavy atom. The lowest BCUT2D eigenvalue weighted by Gasteiger charge is -1.99. The van der Waals surface area contributed by atoms with Crippen molar-refractivity contribution in [2.75, 3.05) is 0 Å². The molecule has 1 saturated carbocycles. The molecule has 1 aliphatic carbocycles. The van der Waals surface area contributed by atoms with Crippen LogP contribution < -0.4 is 5.63 Å². The second-order valence-electron chi connectivity index (χ2n) is 4.61. The molecule has 0 atom stereocenters. The molecule has 0 aliphatic heterocycles. The monoisotopic (exact) mass is 242 g/mol. The van der Waals surface area contributed by atoms with E-state index in [1.807, 2.05) is 16.8 Å². The zero-order valence-electron chi connectivity index (χ0n) is 9.50. The Labute approximate surface area is 102 Å². The summed E-state index contributed by atoms with van der Waals surface area (Å²) in [5, 5.41) is 0.453. The van der Waals surface area contributed by atoms with E-state index in [4.69, 9.17) is 4.58 Å². The SMILES string of the molecule is O=c1ooc2ccc(-n3cnc(C4CC4)c3)cc12. The summed E-state index contributed by atoms with van der Waals surface area (Å²) in [5.41, 5.74) is 2.02. The Kier molecular flexibility index (Phi) is 1.81. The smallest absolute Gasteiger partial charge is 0.306 e. The lowest BCUT2D eigenvalue weighted by molar-refractivity contribution is 0.0658. The second kappa shape index (κ2) is 3.35. The third kappa shape index (κ3) is 1.40. The van der Waals surface area contributed by atoms with Gasteiger partial charge in [0.15, 0.2) is 5.58 Å². The van der Waals surface area contributed by atoms with Crippen molar-refractivity contribution in [2.45, 2.75) is 18.8 Å². The molecule has 5 heteroatoms. The lowest BCUT2D eigenvalue weighted by atomic mass is 10.2. The fraction of sp³-hybridized carbons (Fsp3) is 0.231.